The minimum absolute atomic E-state index is 0.570. The highest BCUT2D eigenvalue weighted by atomic mass is 79.9. The van der Waals surface area contributed by atoms with Crippen molar-refractivity contribution in [3.63, 3.8) is 0 Å². The molecule has 3 aromatic rings. The Morgan fingerprint density at radius 1 is 1.10 bits per heavy atom. The van der Waals surface area contributed by atoms with Crippen LogP contribution in [0.15, 0.2) is 51.4 Å². The summed E-state index contributed by atoms with van der Waals surface area (Å²) >= 11 is 3.47. The zero-order valence-electron chi connectivity index (χ0n) is 11.4. The quantitative estimate of drug-likeness (QED) is 0.725. The van der Waals surface area contributed by atoms with Crippen LogP contribution in [0.25, 0.3) is 11.0 Å². The number of halogens is 1. The van der Waals surface area contributed by atoms with E-state index in [1.54, 1.807) is 0 Å². The zero-order chi connectivity index (χ0) is 14.3. The zero-order valence-corrected chi connectivity index (χ0v) is 12.9. The van der Waals surface area contributed by atoms with Gasteiger partial charge in [0.25, 0.3) is 0 Å². The molecule has 0 saturated carbocycles. The van der Waals surface area contributed by atoms with Crippen molar-refractivity contribution in [3.05, 3.63) is 69.4 Å². The molecule has 0 aliphatic carbocycles. The molecular weight excluding hydrogens is 316 g/mol. The lowest BCUT2D eigenvalue weighted by atomic mass is 9.99. The molecule has 0 aliphatic rings. The second-order valence-electron chi connectivity index (χ2n) is 5.07. The molecular formula is C17H15BrO2. The number of rotatable bonds is 2. The fourth-order valence-electron chi connectivity index (χ4n) is 2.39. The summed E-state index contributed by atoms with van der Waals surface area (Å²) in [6.45, 7) is 4.02. The van der Waals surface area contributed by atoms with Crippen molar-refractivity contribution < 1.29 is 9.52 Å². The van der Waals surface area contributed by atoms with Crippen LogP contribution in [0.1, 0.15) is 28.6 Å². The molecule has 0 radical (unpaired) electrons. The first kappa shape index (κ1) is 13.4. The van der Waals surface area contributed by atoms with Crippen molar-refractivity contribution in [2.75, 3.05) is 0 Å². The van der Waals surface area contributed by atoms with E-state index in [-0.39, 0.29) is 0 Å². The fourth-order valence-corrected chi connectivity index (χ4v) is 2.85. The Morgan fingerprint density at radius 3 is 2.65 bits per heavy atom. The molecule has 2 aromatic carbocycles. The van der Waals surface area contributed by atoms with Gasteiger partial charge >= 0.3 is 0 Å². The van der Waals surface area contributed by atoms with Gasteiger partial charge in [0.05, 0.1) is 4.47 Å². The molecule has 0 aliphatic heterocycles. The van der Waals surface area contributed by atoms with Crippen LogP contribution in [0.3, 0.4) is 0 Å². The van der Waals surface area contributed by atoms with Crippen LogP contribution < -0.4 is 0 Å². The third kappa shape index (κ3) is 2.28. The van der Waals surface area contributed by atoms with Gasteiger partial charge in [-0.2, -0.15) is 0 Å². The summed E-state index contributed by atoms with van der Waals surface area (Å²) in [6.07, 6.45) is -0.741. The van der Waals surface area contributed by atoms with Crippen LogP contribution in [-0.4, -0.2) is 5.11 Å². The molecule has 2 nitrogen and oxygen atoms in total. The highest BCUT2D eigenvalue weighted by Gasteiger charge is 2.18. The predicted octanol–water partition coefficient (Wildman–Crippen LogP) is 4.89. The first-order valence-corrected chi connectivity index (χ1v) is 7.29. The summed E-state index contributed by atoms with van der Waals surface area (Å²) < 4.78 is 6.71. The Bertz CT molecular complexity index is 774. The van der Waals surface area contributed by atoms with Crippen molar-refractivity contribution in [2.24, 2.45) is 0 Å². The first-order chi connectivity index (χ1) is 9.56. The molecule has 102 valence electrons. The minimum Gasteiger partial charge on any atom is -0.457 e. The van der Waals surface area contributed by atoms with Gasteiger partial charge in [0.1, 0.15) is 17.4 Å². The smallest absolute Gasteiger partial charge is 0.148 e. The van der Waals surface area contributed by atoms with E-state index in [2.05, 4.69) is 15.9 Å². The van der Waals surface area contributed by atoms with Gasteiger partial charge in [-0.15, -0.1) is 0 Å². The highest BCUT2D eigenvalue weighted by molar-refractivity contribution is 9.10. The monoisotopic (exact) mass is 330 g/mol. The Labute approximate surface area is 126 Å². The molecule has 1 N–H and O–H groups in total. The van der Waals surface area contributed by atoms with Gasteiger partial charge < -0.3 is 9.52 Å². The average Bonchev–Trinajstić information content (AvgIpc) is 2.86. The number of aliphatic hydroxyl groups excluding tert-OH is 1. The third-order valence-corrected chi connectivity index (χ3v) is 4.14. The van der Waals surface area contributed by atoms with Crippen LogP contribution in [0, 0.1) is 13.8 Å². The van der Waals surface area contributed by atoms with E-state index < -0.39 is 6.10 Å². The van der Waals surface area contributed by atoms with Gasteiger partial charge in [0, 0.05) is 5.39 Å². The number of aliphatic hydroxyl groups is 1. The maximum atomic E-state index is 10.6. The number of benzene rings is 2. The molecule has 1 unspecified atom stereocenters. The molecule has 1 heterocycles. The molecule has 0 spiro atoms. The van der Waals surface area contributed by atoms with Gasteiger partial charge in [-0.05, 0) is 53.0 Å². The lowest BCUT2D eigenvalue weighted by Crippen LogP contribution is -2.01. The van der Waals surface area contributed by atoms with Gasteiger partial charge in [-0.3, -0.25) is 0 Å². The van der Waals surface area contributed by atoms with Gasteiger partial charge in [0.2, 0.25) is 0 Å². The highest BCUT2D eigenvalue weighted by Crippen LogP contribution is 2.33. The topological polar surface area (TPSA) is 33.4 Å². The van der Waals surface area contributed by atoms with E-state index in [1.165, 1.54) is 0 Å². The molecule has 20 heavy (non-hydrogen) atoms. The maximum Gasteiger partial charge on any atom is 0.148 e. The SMILES string of the molecule is Cc1ccc(C)c(C(O)c2cc3cccc(Br)c3o2)c1. The minimum atomic E-state index is -0.741. The predicted molar refractivity (Wildman–Crippen MR) is 83.9 cm³/mol. The molecule has 0 saturated heterocycles. The molecule has 1 atom stereocenters. The van der Waals surface area contributed by atoms with Gasteiger partial charge in [0.15, 0.2) is 0 Å². The van der Waals surface area contributed by atoms with Crippen LogP contribution in [-0.2, 0) is 0 Å². The Morgan fingerprint density at radius 2 is 1.90 bits per heavy atom. The Hall–Kier alpha value is -1.58. The summed E-state index contributed by atoms with van der Waals surface area (Å²) in [4.78, 5) is 0. The van der Waals surface area contributed by atoms with E-state index >= 15 is 0 Å². The Kier molecular flexibility index (Phi) is 3.40. The molecule has 3 heteroatoms. The standard InChI is InChI=1S/C17H15BrO2/c1-10-6-7-11(2)13(8-10)16(19)15-9-12-4-3-5-14(18)17(12)20-15/h3-9,16,19H,1-2H3. The number of furan rings is 1. The van der Waals surface area contributed by atoms with E-state index in [9.17, 15) is 5.11 Å². The van der Waals surface area contributed by atoms with Crippen LogP contribution >= 0.6 is 15.9 Å². The number of hydrogen-bond acceptors (Lipinski definition) is 2. The summed E-state index contributed by atoms with van der Waals surface area (Å²) in [7, 11) is 0. The second-order valence-corrected chi connectivity index (χ2v) is 5.92. The number of fused-ring (bicyclic) bond motifs is 1. The van der Waals surface area contributed by atoms with E-state index in [0.29, 0.717) is 5.76 Å². The largest absolute Gasteiger partial charge is 0.457 e. The average molecular weight is 331 g/mol. The Balaban J connectivity index is 2.10. The molecule has 0 fully saturated rings. The van der Waals surface area contributed by atoms with Gasteiger partial charge in [-0.1, -0.05) is 35.9 Å². The lowest BCUT2D eigenvalue weighted by Gasteiger charge is -2.12. The summed E-state index contributed by atoms with van der Waals surface area (Å²) in [5, 5.41) is 11.6. The second kappa shape index (κ2) is 5.08. The van der Waals surface area contributed by atoms with Crippen LogP contribution in [0.2, 0.25) is 0 Å². The molecule has 0 amide bonds. The lowest BCUT2D eigenvalue weighted by molar-refractivity contribution is 0.191. The number of hydrogen-bond donors (Lipinski definition) is 1. The first-order valence-electron chi connectivity index (χ1n) is 6.49. The summed E-state index contributed by atoms with van der Waals surface area (Å²) in [5.41, 5.74) is 3.84. The molecule has 3 rings (SSSR count). The number of para-hydroxylation sites is 1. The summed E-state index contributed by atoms with van der Waals surface area (Å²) in [6, 6.07) is 13.8. The fraction of sp³-hybridized carbons (Fsp3) is 0.176. The van der Waals surface area contributed by atoms with E-state index in [1.807, 2.05) is 56.3 Å². The van der Waals surface area contributed by atoms with Crippen molar-refractivity contribution >= 4 is 26.9 Å². The van der Waals surface area contributed by atoms with Crippen LogP contribution in [0.5, 0.6) is 0 Å². The molecule has 0 bridgehead atoms. The van der Waals surface area contributed by atoms with Crippen molar-refractivity contribution in [1.82, 2.24) is 0 Å². The molecule has 1 aromatic heterocycles. The third-order valence-electron chi connectivity index (χ3n) is 3.51. The van der Waals surface area contributed by atoms with Crippen LogP contribution in [0.4, 0.5) is 0 Å². The maximum absolute atomic E-state index is 10.6. The van der Waals surface area contributed by atoms with E-state index in [4.69, 9.17) is 4.42 Å². The normalized spacial score (nSPS) is 12.8. The van der Waals surface area contributed by atoms with E-state index in [0.717, 1.165) is 32.1 Å². The van der Waals surface area contributed by atoms with Crippen molar-refractivity contribution in [1.29, 1.82) is 0 Å². The summed E-state index contributed by atoms with van der Waals surface area (Å²) in [5.74, 6) is 0.570. The van der Waals surface area contributed by atoms with Crippen molar-refractivity contribution in [2.45, 2.75) is 20.0 Å². The van der Waals surface area contributed by atoms with Crippen molar-refractivity contribution in [3.8, 4) is 0 Å². The van der Waals surface area contributed by atoms with Gasteiger partial charge in [-0.25, -0.2) is 0 Å². The number of aryl methyl sites for hydroxylation is 2.